The highest BCUT2D eigenvalue weighted by Gasteiger charge is 2.28. The van der Waals surface area contributed by atoms with Gasteiger partial charge in [0.1, 0.15) is 6.04 Å². The lowest BCUT2D eigenvalue weighted by atomic mass is 10.1. The highest BCUT2D eigenvalue weighted by Crippen LogP contribution is 2.21. The van der Waals surface area contributed by atoms with Crippen molar-refractivity contribution in [3.8, 4) is 0 Å². The van der Waals surface area contributed by atoms with E-state index in [0.29, 0.717) is 30.3 Å². The maximum absolute atomic E-state index is 13.1. The molecule has 1 atom stereocenters. The van der Waals surface area contributed by atoms with Crippen LogP contribution >= 0.6 is 23.4 Å². The second-order valence-corrected chi connectivity index (χ2v) is 8.30. The lowest BCUT2D eigenvalue weighted by Gasteiger charge is -2.30. The standard InChI is InChI=1S/C23H29ClN2O2S/c1-4-21(23(28)25-5-2)26(14-19-8-6-7-9-20(19)24)22(27)16-29-15-18-12-10-17(3)11-13-18/h6-13,21H,4-5,14-16H2,1-3H3,(H,25,28). The number of likely N-dealkylation sites (N-methyl/N-ethyl adjacent to an activating group) is 1. The molecule has 0 saturated heterocycles. The number of hydrogen-bond acceptors (Lipinski definition) is 3. The van der Waals surface area contributed by atoms with Gasteiger partial charge in [-0.1, -0.05) is 66.6 Å². The normalized spacial score (nSPS) is 11.7. The van der Waals surface area contributed by atoms with Gasteiger partial charge in [0, 0.05) is 23.9 Å². The van der Waals surface area contributed by atoms with E-state index in [2.05, 4.69) is 36.5 Å². The number of nitrogens with zero attached hydrogens (tertiary/aromatic N) is 1. The quantitative estimate of drug-likeness (QED) is 0.585. The summed E-state index contributed by atoms with van der Waals surface area (Å²) < 4.78 is 0. The summed E-state index contributed by atoms with van der Waals surface area (Å²) in [4.78, 5) is 27.3. The van der Waals surface area contributed by atoms with Gasteiger partial charge >= 0.3 is 0 Å². The van der Waals surface area contributed by atoms with Crippen molar-refractivity contribution in [3.05, 3.63) is 70.2 Å². The van der Waals surface area contributed by atoms with Gasteiger partial charge in [0.2, 0.25) is 11.8 Å². The molecule has 0 aliphatic carbocycles. The summed E-state index contributed by atoms with van der Waals surface area (Å²) in [6, 6.07) is 15.2. The molecule has 0 saturated carbocycles. The first-order chi connectivity index (χ1) is 14.0. The van der Waals surface area contributed by atoms with Gasteiger partial charge in [-0.2, -0.15) is 0 Å². The zero-order valence-corrected chi connectivity index (χ0v) is 18.9. The van der Waals surface area contributed by atoms with Gasteiger partial charge in [0.25, 0.3) is 0 Å². The van der Waals surface area contributed by atoms with Crippen molar-refractivity contribution in [1.82, 2.24) is 10.2 Å². The van der Waals surface area contributed by atoms with Crippen LogP contribution in [-0.2, 0) is 21.9 Å². The third-order valence-corrected chi connectivity index (χ3v) is 6.01. The monoisotopic (exact) mass is 432 g/mol. The summed E-state index contributed by atoms with van der Waals surface area (Å²) >= 11 is 7.88. The van der Waals surface area contributed by atoms with Gasteiger partial charge < -0.3 is 10.2 Å². The molecule has 2 amide bonds. The smallest absolute Gasteiger partial charge is 0.242 e. The van der Waals surface area contributed by atoms with Crippen molar-refractivity contribution >= 4 is 35.2 Å². The molecular weight excluding hydrogens is 404 g/mol. The van der Waals surface area contributed by atoms with Crippen LogP contribution in [0.3, 0.4) is 0 Å². The minimum Gasteiger partial charge on any atom is -0.355 e. The highest BCUT2D eigenvalue weighted by atomic mass is 35.5. The highest BCUT2D eigenvalue weighted by molar-refractivity contribution is 7.99. The van der Waals surface area contributed by atoms with E-state index in [1.165, 1.54) is 11.1 Å². The molecule has 0 spiro atoms. The summed E-state index contributed by atoms with van der Waals surface area (Å²) in [5.74, 6) is 0.886. The first-order valence-electron chi connectivity index (χ1n) is 9.90. The molecule has 6 heteroatoms. The summed E-state index contributed by atoms with van der Waals surface area (Å²) in [6.45, 7) is 6.71. The number of hydrogen-bond donors (Lipinski definition) is 1. The van der Waals surface area contributed by atoms with E-state index in [1.54, 1.807) is 22.7 Å². The summed E-state index contributed by atoms with van der Waals surface area (Å²) in [7, 11) is 0. The summed E-state index contributed by atoms with van der Waals surface area (Å²) in [5, 5.41) is 3.45. The van der Waals surface area contributed by atoms with Gasteiger partial charge in [-0.05, 0) is 37.5 Å². The van der Waals surface area contributed by atoms with E-state index in [4.69, 9.17) is 11.6 Å². The lowest BCUT2D eigenvalue weighted by Crippen LogP contribution is -2.49. The van der Waals surface area contributed by atoms with E-state index in [9.17, 15) is 9.59 Å². The van der Waals surface area contributed by atoms with E-state index < -0.39 is 6.04 Å². The van der Waals surface area contributed by atoms with Crippen molar-refractivity contribution in [2.45, 2.75) is 45.5 Å². The number of rotatable bonds is 10. The number of carbonyl (C=O) groups is 2. The van der Waals surface area contributed by atoms with Crippen LogP contribution in [0.2, 0.25) is 5.02 Å². The number of amides is 2. The maximum Gasteiger partial charge on any atom is 0.242 e. The number of nitrogens with one attached hydrogen (secondary N) is 1. The van der Waals surface area contributed by atoms with E-state index >= 15 is 0 Å². The van der Waals surface area contributed by atoms with E-state index in [-0.39, 0.29) is 11.8 Å². The van der Waals surface area contributed by atoms with Crippen LogP contribution in [0.15, 0.2) is 48.5 Å². The topological polar surface area (TPSA) is 49.4 Å². The third kappa shape index (κ3) is 7.09. The Morgan fingerprint density at radius 1 is 1.10 bits per heavy atom. The Balaban J connectivity index is 2.11. The molecule has 1 N–H and O–H groups in total. The largest absolute Gasteiger partial charge is 0.355 e. The molecule has 0 fully saturated rings. The Bertz CT molecular complexity index is 811. The molecule has 1 unspecified atom stereocenters. The van der Waals surface area contributed by atoms with E-state index in [1.807, 2.05) is 32.0 Å². The lowest BCUT2D eigenvalue weighted by molar-refractivity contribution is -0.139. The summed E-state index contributed by atoms with van der Waals surface area (Å²) in [5.41, 5.74) is 3.24. The van der Waals surface area contributed by atoms with Crippen molar-refractivity contribution in [3.63, 3.8) is 0 Å². The number of halogens is 1. The van der Waals surface area contributed by atoms with Crippen LogP contribution in [0.1, 0.15) is 37.0 Å². The molecule has 4 nitrogen and oxygen atoms in total. The van der Waals surface area contributed by atoms with Crippen LogP contribution in [0, 0.1) is 6.92 Å². The minimum absolute atomic E-state index is 0.0554. The van der Waals surface area contributed by atoms with Gasteiger partial charge in [-0.15, -0.1) is 11.8 Å². The number of benzene rings is 2. The second kappa shape index (κ2) is 11.9. The van der Waals surface area contributed by atoms with Crippen LogP contribution < -0.4 is 5.32 Å². The molecular formula is C23H29ClN2O2S. The molecule has 29 heavy (non-hydrogen) atoms. The van der Waals surface area contributed by atoms with Gasteiger partial charge in [-0.25, -0.2) is 0 Å². The fourth-order valence-electron chi connectivity index (χ4n) is 3.05. The van der Waals surface area contributed by atoms with Crippen LogP contribution in [0.5, 0.6) is 0 Å². The predicted octanol–water partition coefficient (Wildman–Crippen LogP) is 4.83. The Kier molecular flexibility index (Phi) is 9.55. The minimum atomic E-state index is -0.515. The molecule has 156 valence electrons. The second-order valence-electron chi connectivity index (χ2n) is 6.91. The van der Waals surface area contributed by atoms with Gasteiger partial charge in [-0.3, -0.25) is 9.59 Å². The molecule has 0 aliphatic heterocycles. The fraction of sp³-hybridized carbons (Fsp3) is 0.391. The van der Waals surface area contributed by atoms with Crippen molar-refractivity contribution in [2.24, 2.45) is 0 Å². The molecule has 2 rings (SSSR count). The Labute approximate surface area is 183 Å². The van der Waals surface area contributed by atoms with E-state index in [0.717, 1.165) is 11.3 Å². The van der Waals surface area contributed by atoms with Crippen LogP contribution in [0.4, 0.5) is 0 Å². The first kappa shape index (κ1) is 23.3. The maximum atomic E-state index is 13.1. The van der Waals surface area contributed by atoms with Crippen molar-refractivity contribution in [2.75, 3.05) is 12.3 Å². The average Bonchev–Trinajstić information content (AvgIpc) is 2.71. The SMILES string of the molecule is CCNC(=O)C(CC)N(Cc1ccccc1Cl)C(=O)CSCc1ccc(C)cc1. The fourth-order valence-corrected chi connectivity index (χ4v) is 4.11. The number of carbonyl (C=O) groups excluding carboxylic acids is 2. The predicted molar refractivity (Wildman–Crippen MR) is 122 cm³/mol. The van der Waals surface area contributed by atoms with Crippen LogP contribution in [0.25, 0.3) is 0 Å². The van der Waals surface area contributed by atoms with Crippen LogP contribution in [-0.4, -0.2) is 35.1 Å². The van der Waals surface area contributed by atoms with Crippen molar-refractivity contribution in [1.29, 1.82) is 0 Å². The van der Waals surface area contributed by atoms with Gasteiger partial charge in [0.05, 0.1) is 5.75 Å². The number of thioether (sulfide) groups is 1. The zero-order chi connectivity index (χ0) is 21.2. The summed E-state index contributed by atoms with van der Waals surface area (Å²) in [6.07, 6.45) is 0.546. The molecule has 0 bridgehead atoms. The Morgan fingerprint density at radius 3 is 2.41 bits per heavy atom. The van der Waals surface area contributed by atoms with Crippen molar-refractivity contribution < 1.29 is 9.59 Å². The molecule has 2 aromatic rings. The first-order valence-corrected chi connectivity index (χ1v) is 11.4. The zero-order valence-electron chi connectivity index (χ0n) is 17.3. The average molecular weight is 433 g/mol. The molecule has 0 heterocycles. The Hall–Kier alpha value is -1.98. The third-order valence-electron chi connectivity index (χ3n) is 4.65. The number of aryl methyl sites for hydroxylation is 1. The molecule has 0 radical (unpaired) electrons. The Morgan fingerprint density at radius 2 is 1.79 bits per heavy atom. The van der Waals surface area contributed by atoms with Gasteiger partial charge in [0.15, 0.2) is 0 Å². The molecule has 0 aliphatic rings. The molecule has 0 aromatic heterocycles. The molecule has 2 aromatic carbocycles.